The van der Waals surface area contributed by atoms with Crippen LogP contribution in [-0.4, -0.2) is 17.9 Å². The molecule has 1 aromatic carbocycles. The van der Waals surface area contributed by atoms with E-state index < -0.39 is 0 Å². The minimum Gasteiger partial charge on any atom is -0.353 e. The Bertz CT molecular complexity index is 479. The fraction of sp³-hybridized carbons (Fsp3) is 0.500. The van der Waals surface area contributed by atoms with E-state index in [-0.39, 0.29) is 24.3 Å². The van der Waals surface area contributed by atoms with Crippen molar-refractivity contribution in [1.82, 2.24) is 5.32 Å². The lowest BCUT2D eigenvalue weighted by molar-refractivity contribution is -0.127. The Balaban J connectivity index is 1.83. The average Bonchev–Trinajstić information content (AvgIpc) is 2.91. The lowest BCUT2D eigenvalue weighted by Gasteiger charge is -2.12. The quantitative estimate of drug-likeness (QED) is 0.811. The molecule has 1 aromatic rings. The summed E-state index contributed by atoms with van der Waals surface area (Å²) in [7, 11) is 0. The highest BCUT2D eigenvalue weighted by molar-refractivity contribution is 6.03. The summed E-state index contributed by atoms with van der Waals surface area (Å²) in [4.78, 5) is 23.7. The topological polar surface area (TPSA) is 58.2 Å². The molecule has 0 unspecified atom stereocenters. The Morgan fingerprint density at radius 1 is 1.15 bits per heavy atom. The van der Waals surface area contributed by atoms with Gasteiger partial charge in [-0.15, -0.1) is 0 Å². The van der Waals surface area contributed by atoms with Crippen molar-refractivity contribution in [3.05, 3.63) is 29.8 Å². The molecule has 0 saturated heterocycles. The summed E-state index contributed by atoms with van der Waals surface area (Å²) in [6, 6.07) is 7.94. The van der Waals surface area contributed by atoms with Gasteiger partial charge < -0.3 is 10.6 Å². The number of anilines is 1. The second-order valence-electron chi connectivity index (χ2n) is 5.28. The molecular formula is C16H22N2O2. The fourth-order valence-electron chi connectivity index (χ4n) is 2.64. The van der Waals surface area contributed by atoms with E-state index >= 15 is 0 Å². The molecule has 0 bridgehead atoms. The number of carbonyl (C=O) groups excluding carboxylic acids is 2. The summed E-state index contributed by atoms with van der Waals surface area (Å²) in [5.41, 5.74) is 1.88. The summed E-state index contributed by atoms with van der Waals surface area (Å²) in [6.45, 7) is 2.04. The van der Waals surface area contributed by atoms with Crippen LogP contribution in [0.15, 0.2) is 24.3 Å². The zero-order valence-electron chi connectivity index (χ0n) is 11.9. The van der Waals surface area contributed by atoms with Gasteiger partial charge in [0.1, 0.15) is 6.42 Å². The van der Waals surface area contributed by atoms with Gasteiger partial charge in [-0.3, -0.25) is 9.59 Å². The molecule has 2 N–H and O–H groups in total. The number of aryl methyl sites for hydroxylation is 1. The zero-order chi connectivity index (χ0) is 14.4. The Labute approximate surface area is 119 Å². The Morgan fingerprint density at radius 3 is 2.55 bits per heavy atom. The monoisotopic (exact) mass is 274 g/mol. The smallest absolute Gasteiger partial charge is 0.233 e. The third-order valence-corrected chi connectivity index (χ3v) is 3.71. The van der Waals surface area contributed by atoms with Crippen molar-refractivity contribution in [2.75, 3.05) is 5.32 Å². The molecule has 0 spiro atoms. The maximum Gasteiger partial charge on any atom is 0.233 e. The van der Waals surface area contributed by atoms with Gasteiger partial charge in [-0.25, -0.2) is 0 Å². The van der Waals surface area contributed by atoms with Gasteiger partial charge in [-0.1, -0.05) is 38.0 Å². The highest BCUT2D eigenvalue weighted by atomic mass is 16.2. The van der Waals surface area contributed by atoms with Crippen LogP contribution in [0.2, 0.25) is 0 Å². The van der Waals surface area contributed by atoms with Crippen LogP contribution in [-0.2, 0) is 16.0 Å². The van der Waals surface area contributed by atoms with Crippen molar-refractivity contribution in [3.63, 3.8) is 0 Å². The van der Waals surface area contributed by atoms with Crippen molar-refractivity contribution < 1.29 is 9.59 Å². The predicted octanol–water partition coefficient (Wildman–Crippen LogP) is 2.64. The van der Waals surface area contributed by atoms with E-state index in [1.807, 2.05) is 31.2 Å². The SMILES string of the molecule is CCc1ccccc1NC(=O)CC(=O)NC1CCCC1. The Hall–Kier alpha value is -1.84. The van der Waals surface area contributed by atoms with Crippen molar-refractivity contribution >= 4 is 17.5 Å². The zero-order valence-corrected chi connectivity index (χ0v) is 11.9. The van der Waals surface area contributed by atoms with Gasteiger partial charge in [0, 0.05) is 11.7 Å². The summed E-state index contributed by atoms with van der Waals surface area (Å²) in [6.07, 6.45) is 5.15. The molecule has 4 nitrogen and oxygen atoms in total. The number of benzene rings is 1. The van der Waals surface area contributed by atoms with Crippen molar-refractivity contribution in [2.24, 2.45) is 0 Å². The van der Waals surface area contributed by atoms with Gasteiger partial charge in [0.05, 0.1) is 0 Å². The number of carbonyl (C=O) groups is 2. The van der Waals surface area contributed by atoms with Crippen molar-refractivity contribution in [3.8, 4) is 0 Å². The average molecular weight is 274 g/mol. The van der Waals surface area contributed by atoms with Gasteiger partial charge in [0.15, 0.2) is 0 Å². The first kappa shape index (κ1) is 14.6. The molecule has 0 aromatic heterocycles. The third-order valence-electron chi connectivity index (χ3n) is 3.71. The normalized spacial score (nSPS) is 15.1. The molecule has 20 heavy (non-hydrogen) atoms. The summed E-state index contributed by atoms with van der Waals surface area (Å²) in [5.74, 6) is -0.426. The lowest BCUT2D eigenvalue weighted by Crippen LogP contribution is -2.35. The first-order valence-electron chi connectivity index (χ1n) is 7.36. The molecule has 0 heterocycles. The van der Waals surface area contributed by atoms with E-state index in [1.165, 1.54) is 12.8 Å². The van der Waals surface area contributed by atoms with Gasteiger partial charge >= 0.3 is 0 Å². The molecule has 1 fully saturated rings. The number of nitrogens with one attached hydrogen (secondary N) is 2. The van der Waals surface area contributed by atoms with Gasteiger partial charge in [-0.05, 0) is 30.9 Å². The van der Waals surface area contributed by atoms with E-state index in [1.54, 1.807) is 0 Å². The van der Waals surface area contributed by atoms with Gasteiger partial charge in [0.2, 0.25) is 11.8 Å². The van der Waals surface area contributed by atoms with Crippen molar-refractivity contribution in [2.45, 2.75) is 51.5 Å². The fourth-order valence-corrected chi connectivity index (χ4v) is 2.64. The third kappa shape index (κ3) is 4.08. The highest BCUT2D eigenvalue weighted by Crippen LogP contribution is 2.18. The Kier molecular flexibility index (Phi) is 5.16. The second-order valence-corrected chi connectivity index (χ2v) is 5.28. The maximum atomic E-state index is 11.9. The molecule has 1 aliphatic rings. The van der Waals surface area contributed by atoms with Crippen LogP contribution in [0.3, 0.4) is 0 Å². The largest absolute Gasteiger partial charge is 0.353 e. The molecule has 1 saturated carbocycles. The number of hydrogen-bond donors (Lipinski definition) is 2. The number of rotatable bonds is 5. The van der Waals surface area contributed by atoms with E-state index in [0.717, 1.165) is 30.5 Å². The molecule has 0 atom stereocenters. The standard InChI is InChI=1S/C16H22N2O2/c1-2-12-7-3-6-10-14(12)18-16(20)11-15(19)17-13-8-4-5-9-13/h3,6-7,10,13H,2,4-5,8-9,11H2,1H3,(H,17,19)(H,18,20). The summed E-state index contributed by atoms with van der Waals surface area (Å²) in [5, 5.41) is 5.74. The number of amides is 2. The van der Waals surface area contributed by atoms with E-state index in [0.29, 0.717) is 0 Å². The summed E-state index contributed by atoms with van der Waals surface area (Å²) < 4.78 is 0. The molecule has 0 aliphatic heterocycles. The lowest BCUT2D eigenvalue weighted by atomic mass is 10.1. The number of hydrogen-bond acceptors (Lipinski definition) is 2. The highest BCUT2D eigenvalue weighted by Gasteiger charge is 2.18. The van der Waals surface area contributed by atoms with Crippen LogP contribution in [0, 0.1) is 0 Å². The van der Waals surface area contributed by atoms with Crippen LogP contribution in [0.1, 0.15) is 44.6 Å². The first-order valence-corrected chi connectivity index (χ1v) is 7.36. The van der Waals surface area contributed by atoms with Crippen LogP contribution in [0.25, 0.3) is 0 Å². The van der Waals surface area contributed by atoms with E-state index in [9.17, 15) is 9.59 Å². The molecule has 2 rings (SSSR count). The molecule has 108 valence electrons. The Morgan fingerprint density at radius 2 is 1.85 bits per heavy atom. The minimum absolute atomic E-state index is 0.103. The predicted molar refractivity (Wildman–Crippen MR) is 79.5 cm³/mol. The minimum atomic E-state index is -0.249. The van der Waals surface area contributed by atoms with E-state index in [4.69, 9.17) is 0 Å². The molecule has 1 aliphatic carbocycles. The molecule has 2 amide bonds. The van der Waals surface area contributed by atoms with Gasteiger partial charge in [0.25, 0.3) is 0 Å². The second kappa shape index (κ2) is 7.08. The van der Waals surface area contributed by atoms with Crippen LogP contribution >= 0.6 is 0 Å². The maximum absolute atomic E-state index is 11.9. The number of para-hydroxylation sites is 1. The van der Waals surface area contributed by atoms with E-state index in [2.05, 4.69) is 10.6 Å². The molecule has 0 radical (unpaired) electrons. The van der Waals surface area contributed by atoms with Crippen molar-refractivity contribution in [1.29, 1.82) is 0 Å². The van der Waals surface area contributed by atoms with Crippen LogP contribution in [0.4, 0.5) is 5.69 Å². The first-order chi connectivity index (χ1) is 9.69. The molecular weight excluding hydrogens is 252 g/mol. The molecule has 4 heteroatoms. The van der Waals surface area contributed by atoms with Gasteiger partial charge in [-0.2, -0.15) is 0 Å². The summed E-state index contributed by atoms with van der Waals surface area (Å²) >= 11 is 0. The van der Waals surface area contributed by atoms with Crippen LogP contribution in [0.5, 0.6) is 0 Å². The van der Waals surface area contributed by atoms with Crippen LogP contribution < -0.4 is 10.6 Å².